The molecule has 100 valence electrons. The van der Waals surface area contributed by atoms with Crippen molar-refractivity contribution in [1.29, 1.82) is 0 Å². The van der Waals surface area contributed by atoms with E-state index in [0.29, 0.717) is 5.92 Å². The number of carboxylic acids is 1. The maximum Gasteiger partial charge on any atom is 0.304 e. The van der Waals surface area contributed by atoms with E-state index in [1.165, 1.54) is 38.5 Å². The van der Waals surface area contributed by atoms with Crippen LogP contribution in [0.3, 0.4) is 0 Å². The van der Waals surface area contributed by atoms with Gasteiger partial charge in [0.05, 0.1) is 6.42 Å². The third-order valence-corrected chi connectivity index (χ3v) is 4.20. The Kier molecular flexibility index (Phi) is 6.56. The molecule has 0 bridgehead atoms. The van der Waals surface area contributed by atoms with Gasteiger partial charge in [0.25, 0.3) is 0 Å². The monoisotopic (exact) mass is 241 g/mol. The van der Waals surface area contributed by atoms with Crippen LogP contribution in [0.2, 0.25) is 0 Å². The summed E-state index contributed by atoms with van der Waals surface area (Å²) in [6.45, 7) is 2.11. The van der Waals surface area contributed by atoms with Gasteiger partial charge in [-0.25, -0.2) is 0 Å². The second-order valence-electron chi connectivity index (χ2n) is 5.51. The normalized spacial score (nSPS) is 20.4. The van der Waals surface area contributed by atoms with Crippen LogP contribution in [-0.2, 0) is 4.79 Å². The Morgan fingerprint density at radius 2 is 2.06 bits per heavy atom. The zero-order chi connectivity index (χ0) is 12.7. The van der Waals surface area contributed by atoms with Crippen LogP contribution in [0.1, 0.15) is 64.7 Å². The van der Waals surface area contributed by atoms with Crippen molar-refractivity contribution in [3.63, 3.8) is 0 Å². The minimum Gasteiger partial charge on any atom is -0.481 e. The number of rotatable bonds is 8. The van der Waals surface area contributed by atoms with E-state index in [4.69, 9.17) is 10.8 Å². The Morgan fingerprint density at radius 1 is 1.41 bits per heavy atom. The lowest BCUT2D eigenvalue weighted by atomic mass is 9.88. The van der Waals surface area contributed by atoms with E-state index < -0.39 is 5.97 Å². The molecule has 0 amide bonds. The number of carbonyl (C=O) groups is 1. The molecule has 0 aromatic rings. The van der Waals surface area contributed by atoms with Crippen molar-refractivity contribution >= 4 is 5.97 Å². The molecule has 0 aromatic heterocycles. The number of hydrogen-bond donors (Lipinski definition) is 2. The van der Waals surface area contributed by atoms with Crippen LogP contribution in [0, 0.1) is 11.8 Å². The van der Waals surface area contributed by atoms with Crippen molar-refractivity contribution in [1.82, 2.24) is 0 Å². The van der Waals surface area contributed by atoms with Crippen molar-refractivity contribution in [2.75, 3.05) is 0 Å². The summed E-state index contributed by atoms with van der Waals surface area (Å²) in [6, 6.07) is -0.166. The fraction of sp³-hybridized carbons (Fsp3) is 0.929. The molecule has 1 aliphatic carbocycles. The quantitative estimate of drug-likeness (QED) is 0.686. The molecule has 0 spiro atoms. The molecule has 3 nitrogen and oxygen atoms in total. The summed E-state index contributed by atoms with van der Waals surface area (Å²) < 4.78 is 0. The largest absolute Gasteiger partial charge is 0.481 e. The Labute approximate surface area is 105 Å². The van der Waals surface area contributed by atoms with Crippen molar-refractivity contribution in [2.24, 2.45) is 17.6 Å². The van der Waals surface area contributed by atoms with Gasteiger partial charge in [-0.1, -0.05) is 51.9 Å². The molecule has 17 heavy (non-hydrogen) atoms. The summed E-state index contributed by atoms with van der Waals surface area (Å²) >= 11 is 0. The first kappa shape index (κ1) is 14.5. The van der Waals surface area contributed by atoms with E-state index in [1.54, 1.807) is 0 Å². The number of carboxylic acid groups (broad SMARTS) is 1. The first-order valence-electron chi connectivity index (χ1n) is 7.10. The lowest BCUT2D eigenvalue weighted by Crippen LogP contribution is -2.32. The lowest BCUT2D eigenvalue weighted by Gasteiger charge is -2.21. The molecule has 0 aromatic carbocycles. The standard InChI is InChI=1S/C14H27NO2/c1-2-12(13(15)10-14(16)17)9-5-8-11-6-3-4-7-11/h11-13H,2-10,15H2,1H3,(H,16,17). The van der Waals surface area contributed by atoms with Gasteiger partial charge in [-0.05, 0) is 18.3 Å². The topological polar surface area (TPSA) is 63.3 Å². The van der Waals surface area contributed by atoms with E-state index in [9.17, 15) is 4.79 Å². The molecule has 0 radical (unpaired) electrons. The highest BCUT2D eigenvalue weighted by molar-refractivity contribution is 5.67. The van der Waals surface area contributed by atoms with Crippen LogP contribution in [0.4, 0.5) is 0 Å². The van der Waals surface area contributed by atoms with Crippen molar-refractivity contribution in [2.45, 2.75) is 70.8 Å². The molecule has 3 heteroatoms. The van der Waals surface area contributed by atoms with Crippen LogP contribution in [0.15, 0.2) is 0 Å². The SMILES string of the molecule is CCC(CCCC1CCCC1)C(N)CC(=O)O. The zero-order valence-electron chi connectivity index (χ0n) is 11.0. The molecule has 2 atom stereocenters. The van der Waals surface area contributed by atoms with Crippen LogP contribution in [-0.4, -0.2) is 17.1 Å². The molecule has 0 aliphatic heterocycles. The maximum atomic E-state index is 10.6. The third-order valence-electron chi connectivity index (χ3n) is 4.20. The van der Waals surface area contributed by atoms with E-state index in [2.05, 4.69) is 6.92 Å². The Balaban J connectivity index is 2.18. The van der Waals surface area contributed by atoms with Gasteiger partial charge in [0.2, 0.25) is 0 Å². The van der Waals surface area contributed by atoms with Crippen molar-refractivity contribution < 1.29 is 9.90 Å². The van der Waals surface area contributed by atoms with Gasteiger partial charge in [0, 0.05) is 6.04 Å². The van der Waals surface area contributed by atoms with E-state index in [1.807, 2.05) is 0 Å². The van der Waals surface area contributed by atoms with Gasteiger partial charge < -0.3 is 10.8 Å². The van der Waals surface area contributed by atoms with Crippen molar-refractivity contribution in [3.8, 4) is 0 Å². The van der Waals surface area contributed by atoms with Gasteiger partial charge >= 0.3 is 5.97 Å². The highest BCUT2D eigenvalue weighted by Crippen LogP contribution is 2.30. The highest BCUT2D eigenvalue weighted by atomic mass is 16.4. The van der Waals surface area contributed by atoms with Crippen molar-refractivity contribution in [3.05, 3.63) is 0 Å². The summed E-state index contributed by atoms with van der Waals surface area (Å²) in [5.74, 6) is 0.544. The summed E-state index contributed by atoms with van der Waals surface area (Å²) in [5, 5.41) is 8.75. The van der Waals surface area contributed by atoms with Crippen LogP contribution in [0.25, 0.3) is 0 Å². The van der Waals surface area contributed by atoms with Gasteiger partial charge in [0.15, 0.2) is 0 Å². The molecule has 1 saturated carbocycles. The second kappa shape index (κ2) is 7.70. The van der Waals surface area contributed by atoms with Gasteiger partial charge in [-0.15, -0.1) is 0 Å². The summed E-state index contributed by atoms with van der Waals surface area (Å²) in [5.41, 5.74) is 5.94. The first-order chi connectivity index (χ1) is 8.13. The first-order valence-corrected chi connectivity index (χ1v) is 7.10. The summed E-state index contributed by atoms with van der Waals surface area (Å²) in [4.78, 5) is 10.6. The molecule has 1 fully saturated rings. The predicted octanol–water partition coefficient (Wildman–Crippen LogP) is 3.18. The fourth-order valence-corrected chi connectivity index (χ4v) is 3.06. The summed E-state index contributed by atoms with van der Waals surface area (Å²) in [7, 11) is 0. The van der Waals surface area contributed by atoms with E-state index >= 15 is 0 Å². The molecule has 1 aliphatic rings. The fourth-order valence-electron chi connectivity index (χ4n) is 3.06. The minimum atomic E-state index is -0.772. The average Bonchev–Trinajstić information content (AvgIpc) is 2.76. The minimum absolute atomic E-state index is 0.113. The lowest BCUT2D eigenvalue weighted by molar-refractivity contribution is -0.137. The van der Waals surface area contributed by atoms with E-state index in [0.717, 1.165) is 18.8 Å². The molecule has 0 saturated heterocycles. The predicted molar refractivity (Wildman–Crippen MR) is 69.8 cm³/mol. The molecular weight excluding hydrogens is 214 g/mol. The molecule has 0 heterocycles. The van der Waals surface area contributed by atoms with Crippen LogP contribution < -0.4 is 5.73 Å². The Morgan fingerprint density at radius 3 is 2.59 bits per heavy atom. The highest BCUT2D eigenvalue weighted by Gasteiger charge is 2.20. The smallest absolute Gasteiger partial charge is 0.304 e. The number of nitrogens with two attached hydrogens (primary N) is 1. The maximum absolute atomic E-state index is 10.6. The average molecular weight is 241 g/mol. The second-order valence-corrected chi connectivity index (χ2v) is 5.51. The molecular formula is C14H27NO2. The summed E-state index contributed by atoms with van der Waals surface area (Å²) in [6.07, 6.45) is 10.4. The Bertz CT molecular complexity index is 224. The molecule has 1 rings (SSSR count). The number of aliphatic carboxylic acids is 1. The molecule has 2 unspecified atom stereocenters. The zero-order valence-corrected chi connectivity index (χ0v) is 11.0. The Hall–Kier alpha value is -0.570. The van der Waals surface area contributed by atoms with Crippen LogP contribution >= 0.6 is 0 Å². The van der Waals surface area contributed by atoms with E-state index in [-0.39, 0.29) is 12.5 Å². The van der Waals surface area contributed by atoms with Crippen LogP contribution in [0.5, 0.6) is 0 Å². The number of hydrogen-bond acceptors (Lipinski definition) is 2. The van der Waals surface area contributed by atoms with Gasteiger partial charge in [-0.3, -0.25) is 4.79 Å². The third kappa shape index (κ3) is 5.53. The van der Waals surface area contributed by atoms with Gasteiger partial charge in [0.1, 0.15) is 0 Å². The van der Waals surface area contributed by atoms with Gasteiger partial charge in [-0.2, -0.15) is 0 Å². The molecule has 3 N–H and O–H groups in total.